The Balaban J connectivity index is 1.57. The van der Waals surface area contributed by atoms with Crippen LogP contribution in [0.25, 0.3) is 0 Å². The molecule has 1 fully saturated rings. The number of unbranched alkanes of at least 4 members (excludes halogenated alkanes) is 1. The minimum Gasteiger partial charge on any atom is -0.494 e. The van der Waals surface area contributed by atoms with E-state index < -0.39 is 0 Å². The van der Waals surface area contributed by atoms with Crippen molar-refractivity contribution in [1.82, 2.24) is 4.90 Å². The average molecular weight is 260 g/mol. The van der Waals surface area contributed by atoms with Crippen LogP contribution in [0, 0.1) is 11.3 Å². The summed E-state index contributed by atoms with van der Waals surface area (Å²) in [7, 11) is 0. The first-order valence-corrected chi connectivity index (χ1v) is 6.81. The van der Waals surface area contributed by atoms with Gasteiger partial charge in [0.15, 0.2) is 0 Å². The maximum absolute atomic E-state index is 8.69. The van der Waals surface area contributed by atoms with E-state index in [0.717, 1.165) is 58.0 Å². The molecular weight excluding hydrogens is 240 g/mol. The maximum atomic E-state index is 8.69. The molecule has 1 aromatic carbocycles. The standard InChI is InChI=1S/C15H20N2O2/c16-13-14-3-5-15(6-4-14)19-10-2-1-7-17-8-11-18-12-9-17/h3-6H,1-2,7-12H2. The van der Waals surface area contributed by atoms with Crippen LogP contribution < -0.4 is 4.74 Å². The van der Waals surface area contributed by atoms with Gasteiger partial charge in [-0.25, -0.2) is 0 Å². The van der Waals surface area contributed by atoms with Gasteiger partial charge in [0, 0.05) is 13.1 Å². The molecule has 1 aliphatic rings. The quantitative estimate of drug-likeness (QED) is 0.734. The van der Waals surface area contributed by atoms with E-state index in [0.29, 0.717) is 5.56 Å². The first-order valence-electron chi connectivity index (χ1n) is 6.81. The van der Waals surface area contributed by atoms with Gasteiger partial charge in [0.2, 0.25) is 0 Å². The summed E-state index contributed by atoms with van der Waals surface area (Å²) in [6.45, 7) is 5.69. The van der Waals surface area contributed by atoms with E-state index in [1.165, 1.54) is 0 Å². The Hall–Kier alpha value is -1.57. The molecule has 0 aromatic heterocycles. The minimum absolute atomic E-state index is 0.666. The second-order valence-corrected chi connectivity index (χ2v) is 4.65. The Morgan fingerprint density at radius 1 is 1.16 bits per heavy atom. The van der Waals surface area contributed by atoms with Crippen LogP contribution in [0.4, 0.5) is 0 Å². The summed E-state index contributed by atoms with van der Waals surface area (Å²) < 4.78 is 11.0. The lowest BCUT2D eigenvalue weighted by molar-refractivity contribution is 0.0368. The number of rotatable bonds is 6. The third-order valence-corrected chi connectivity index (χ3v) is 3.22. The lowest BCUT2D eigenvalue weighted by Crippen LogP contribution is -2.36. The summed E-state index contributed by atoms with van der Waals surface area (Å²) in [5.41, 5.74) is 0.666. The van der Waals surface area contributed by atoms with Crippen molar-refractivity contribution in [2.75, 3.05) is 39.5 Å². The van der Waals surface area contributed by atoms with Gasteiger partial charge in [-0.2, -0.15) is 5.26 Å². The zero-order valence-corrected chi connectivity index (χ0v) is 11.2. The van der Waals surface area contributed by atoms with Crippen molar-refractivity contribution < 1.29 is 9.47 Å². The smallest absolute Gasteiger partial charge is 0.119 e. The number of hydrogen-bond donors (Lipinski definition) is 0. The Kier molecular flexibility index (Phi) is 5.67. The van der Waals surface area contributed by atoms with Crippen molar-refractivity contribution in [2.24, 2.45) is 0 Å². The molecule has 0 atom stereocenters. The summed E-state index contributed by atoms with van der Waals surface area (Å²) in [4.78, 5) is 2.44. The van der Waals surface area contributed by atoms with Crippen LogP contribution >= 0.6 is 0 Å². The van der Waals surface area contributed by atoms with Gasteiger partial charge in [0.25, 0.3) is 0 Å². The fraction of sp³-hybridized carbons (Fsp3) is 0.533. The summed E-state index contributed by atoms with van der Waals surface area (Å²) >= 11 is 0. The molecule has 102 valence electrons. The first-order chi connectivity index (χ1) is 9.38. The van der Waals surface area contributed by atoms with Crippen LogP contribution in [0.2, 0.25) is 0 Å². The lowest BCUT2D eigenvalue weighted by atomic mass is 10.2. The number of nitriles is 1. The average Bonchev–Trinajstić information content (AvgIpc) is 2.49. The highest BCUT2D eigenvalue weighted by molar-refractivity contribution is 5.34. The van der Waals surface area contributed by atoms with Gasteiger partial charge in [-0.1, -0.05) is 0 Å². The van der Waals surface area contributed by atoms with Gasteiger partial charge < -0.3 is 9.47 Å². The fourth-order valence-electron chi connectivity index (χ4n) is 2.08. The highest BCUT2D eigenvalue weighted by Gasteiger charge is 2.08. The van der Waals surface area contributed by atoms with Gasteiger partial charge in [0.05, 0.1) is 31.5 Å². The van der Waals surface area contributed by atoms with E-state index >= 15 is 0 Å². The Labute approximate surface area is 114 Å². The van der Waals surface area contributed by atoms with Crippen LogP contribution in [0.15, 0.2) is 24.3 Å². The van der Waals surface area contributed by atoms with Crippen molar-refractivity contribution in [3.05, 3.63) is 29.8 Å². The Bertz CT molecular complexity index is 405. The molecule has 4 heteroatoms. The molecule has 1 saturated heterocycles. The number of hydrogen-bond acceptors (Lipinski definition) is 4. The first kappa shape index (κ1) is 13.9. The number of morpholine rings is 1. The van der Waals surface area contributed by atoms with Gasteiger partial charge >= 0.3 is 0 Å². The van der Waals surface area contributed by atoms with E-state index in [2.05, 4.69) is 11.0 Å². The summed E-state index contributed by atoms with van der Waals surface area (Å²) in [6.07, 6.45) is 2.20. The topological polar surface area (TPSA) is 45.5 Å². The van der Waals surface area contributed by atoms with Crippen LogP contribution in [0.3, 0.4) is 0 Å². The number of ether oxygens (including phenoxy) is 2. The fourth-order valence-corrected chi connectivity index (χ4v) is 2.08. The molecule has 0 N–H and O–H groups in total. The Morgan fingerprint density at radius 3 is 2.58 bits per heavy atom. The summed E-state index contributed by atoms with van der Waals surface area (Å²) in [6, 6.07) is 9.35. The van der Waals surface area contributed by atoms with E-state index in [9.17, 15) is 0 Å². The van der Waals surface area contributed by atoms with E-state index in [-0.39, 0.29) is 0 Å². The zero-order chi connectivity index (χ0) is 13.3. The summed E-state index contributed by atoms with van der Waals surface area (Å²) in [5.74, 6) is 0.838. The molecule has 0 aliphatic carbocycles. The molecule has 1 heterocycles. The van der Waals surface area contributed by atoms with Gasteiger partial charge in [-0.3, -0.25) is 4.90 Å². The highest BCUT2D eigenvalue weighted by atomic mass is 16.5. The van der Waals surface area contributed by atoms with E-state index in [4.69, 9.17) is 14.7 Å². The molecule has 0 saturated carbocycles. The van der Waals surface area contributed by atoms with Gasteiger partial charge in [0.1, 0.15) is 5.75 Å². The number of benzene rings is 1. The molecule has 1 aromatic rings. The molecular formula is C15H20N2O2. The predicted molar refractivity (Wildman–Crippen MR) is 73.1 cm³/mol. The predicted octanol–water partition coefficient (Wildman–Crippen LogP) is 2.05. The largest absolute Gasteiger partial charge is 0.494 e. The molecule has 0 spiro atoms. The van der Waals surface area contributed by atoms with Crippen molar-refractivity contribution in [2.45, 2.75) is 12.8 Å². The van der Waals surface area contributed by atoms with Crippen LogP contribution in [-0.4, -0.2) is 44.4 Å². The molecule has 2 rings (SSSR count). The third-order valence-electron chi connectivity index (χ3n) is 3.22. The van der Waals surface area contributed by atoms with Crippen LogP contribution in [-0.2, 0) is 4.74 Å². The van der Waals surface area contributed by atoms with Crippen LogP contribution in [0.5, 0.6) is 5.75 Å². The second kappa shape index (κ2) is 7.78. The van der Waals surface area contributed by atoms with Crippen molar-refractivity contribution in [3.63, 3.8) is 0 Å². The highest BCUT2D eigenvalue weighted by Crippen LogP contribution is 2.12. The third kappa shape index (κ3) is 4.90. The van der Waals surface area contributed by atoms with Crippen molar-refractivity contribution >= 4 is 0 Å². The van der Waals surface area contributed by atoms with E-state index in [1.807, 2.05) is 12.1 Å². The molecule has 0 amide bonds. The molecule has 0 unspecified atom stereocenters. The Morgan fingerprint density at radius 2 is 1.89 bits per heavy atom. The molecule has 4 nitrogen and oxygen atoms in total. The monoisotopic (exact) mass is 260 g/mol. The number of nitrogens with zero attached hydrogens (tertiary/aromatic N) is 2. The SMILES string of the molecule is N#Cc1ccc(OCCCCN2CCOCC2)cc1. The van der Waals surface area contributed by atoms with Crippen molar-refractivity contribution in [3.8, 4) is 11.8 Å². The second-order valence-electron chi connectivity index (χ2n) is 4.65. The normalized spacial score (nSPS) is 15.9. The maximum Gasteiger partial charge on any atom is 0.119 e. The van der Waals surface area contributed by atoms with E-state index in [1.54, 1.807) is 12.1 Å². The molecule has 0 bridgehead atoms. The zero-order valence-electron chi connectivity index (χ0n) is 11.2. The van der Waals surface area contributed by atoms with Crippen molar-refractivity contribution in [1.29, 1.82) is 5.26 Å². The summed E-state index contributed by atoms with van der Waals surface area (Å²) in [5, 5.41) is 8.69. The van der Waals surface area contributed by atoms with Gasteiger partial charge in [-0.05, 0) is 43.7 Å². The van der Waals surface area contributed by atoms with Crippen LogP contribution in [0.1, 0.15) is 18.4 Å². The lowest BCUT2D eigenvalue weighted by Gasteiger charge is -2.26. The molecule has 0 radical (unpaired) electrons. The minimum atomic E-state index is 0.666. The molecule has 1 aliphatic heterocycles. The molecule has 19 heavy (non-hydrogen) atoms. The van der Waals surface area contributed by atoms with Gasteiger partial charge in [-0.15, -0.1) is 0 Å².